The topological polar surface area (TPSA) is 30.5 Å². The minimum absolute atomic E-state index is 0.371. The predicted octanol–water partition coefficient (Wildman–Crippen LogP) is 3.00. The molecule has 3 nitrogen and oxygen atoms in total. The molecule has 1 saturated heterocycles. The molecule has 1 aromatic rings. The van der Waals surface area contributed by atoms with Crippen LogP contribution in [0.3, 0.4) is 0 Å². The second-order valence-corrected chi connectivity index (χ2v) is 5.87. The summed E-state index contributed by atoms with van der Waals surface area (Å²) in [5.41, 5.74) is 2.46. The summed E-state index contributed by atoms with van der Waals surface area (Å²) in [6.45, 7) is 2.17. The first-order valence-electron chi connectivity index (χ1n) is 6.58. The van der Waals surface area contributed by atoms with Gasteiger partial charge in [0, 0.05) is 16.1 Å². The van der Waals surface area contributed by atoms with E-state index in [1.54, 1.807) is 0 Å². The summed E-state index contributed by atoms with van der Waals surface area (Å²) >= 11 is 3.66. The monoisotopic (exact) mass is 311 g/mol. The van der Waals surface area contributed by atoms with Crippen LogP contribution < -0.4 is 10.1 Å². The van der Waals surface area contributed by atoms with Crippen LogP contribution in [-0.2, 0) is 17.8 Å². The highest BCUT2D eigenvalue weighted by Gasteiger charge is 2.18. The van der Waals surface area contributed by atoms with Crippen LogP contribution in [0.4, 0.5) is 0 Å². The van der Waals surface area contributed by atoms with Crippen LogP contribution in [-0.4, -0.2) is 19.4 Å². The molecular formula is C14H18BrNO2. The Kier molecular flexibility index (Phi) is 3.87. The second-order valence-electron chi connectivity index (χ2n) is 5.01. The fourth-order valence-electron chi connectivity index (χ4n) is 2.66. The second kappa shape index (κ2) is 5.59. The van der Waals surface area contributed by atoms with Crippen molar-refractivity contribution in [3.8, 4) is 5.75 Å². The van der Waals surface area contributed by atoms with E-state index in [9.17, 15) is 0 Å². The van der Waals surface area contributed by atoms with Crippen LogP contribution >= 0.6 is 15.9 Å². The number of hydrogen-bond donors (Lipinski definition) is 1. The summed E-state index contributed by atoms with van der Waals surface area (Å²) in [4.78, 5) is 0. The number of benzene rings is 1. The molecule has 2 aliphatic rings. The molecule has 0 saturated carbocycles. The Bertz CT molecular complexity index is 430. The molecule has 0 bridgehead atoms. The summed E-state index contributed by atoms with van der Waals surface area (Å²) in [7, 11) is 0. The molecule has 98 valence electrons. The number of halogens is 1. The zero-order valence-electron chi connectivity index (χ0n) is 10.4. The predicted molar refractivity (Wildman–Crippen MR) is 73.8 cm³/mol. The first-order valence-corrected chi connectivity index (χ1v) is 7.37. The molecule has 0 aliphatic carbocycles. The third-order valence-corrected chi connectivity index (χ3v) is 4.40. The summed E-state index contributed by atoms with van der Waals surface area (Å²) in [6.07, 6.45) is 4.98. The van der Waals surface area contributed by atoms with Crippen LogP contribution in [0, 0.1) is 0 Å². The number of fused-ring (bicyclic) bond motifs is 1. The van der Waals surface area contributed by atoms with E-state index in [1.165, 1.54) is 29.3 Å². The van der Waals surface area contributed by atoms with Gasteiger partial charge in [0.05, 0.1) is 6.61 Å². The van der Waals surface area contributed by atoms with Crippen molar-refractivity contribution in [3.63, 3.8) is 0 Å². The zero-order chi connectivity index (χ0) is 12.4. The van der Waals surface area contributed by atoms with E-state index in [-0.39, 0.29) is 0 Å². The number of hydrogen-bond acceptors (Lipinski definition) is 3. The first kappa shape index (κ1) is 12.5. The Balaban J connectivity index is 1.78. The summed E-state index contributed by atoms with van der Waals surface area (Å²) in [5.74, 6) is 0.982. The Morgan fingerprint density at radius 2 is 2.28 bits per heavy atom. The molecule has 0 spiro atoms. The van der Waals surface area contributed by atoms with Crippen molar-refractivity contribution in [2.45, 2.75) is 38.3 Å². The van der Waals surface area contributed by atoms with E-state index in [2.05, 4.69) is 33.4 Å². The van der Waals surface area contributed by atoms with E-state index < -0.39 is 0 Å². The first-order chi connectivity index (χ1) is 8.83. The van der Waals surface area contributed by atoms with Crippen molar-refractivity contribution in [2.24, 2.45) is 0 Å². The van der Waals surface area contributed by atoms with Crippen molar-refractivity contribution in [2.75, 3.05) is 13.3 Å². The molecule has 1 aromatic carbocycles. The molecule has 4 heteroatoms. The van der Waals surface area contributed by atoms with Gasteiger partial charge in [0.1, 0.15) is 5.75 Å². The highest BCUT2D eigenvalue weighted by Crippen LogP contribution is 2.31. The fraction of sp³-hybridized carbons (Fsp3) is 0.571. The normalized spacial score (nSPS) is 23.3. The number of rotatable bonds is 2. The van der Waals surface area contributed by atoms with Crippen LogP contribution in [0.25, 0.3) is 0 Å². The molecule has 0 radical (unpaired) electrons. The summed E-state index contributed by atoms with van der Waals surface area (Å²) in [6, 6.07) is 4.90. The molecule has 2 heterocycles. The smallest absolute Gasteiger partial charge is 0.189 e. The number of ether oxygens (including phenoxy) is 2. The van der Waals surface area contributed by atoms with E-state index in [0.717, 1.165) is 24.3 Å². The quantitative estimate of drug-likeness (QED) is 0.911. The lowest BCUT2D eigenvalue weighted by molar-refractivity contribution is -0.0164. The zero-order valence-corrected chi connectivity index (χ0v) is 12.0. The van der Waals surface area contributed by atoms with Crippen molar-refractivity contribution < 1.29 is 9.47 Å². The Hall–Kier alpha value is -0.580. The molecule has 2 aliphatic heterocycles. The molecule has 18 heavy (non-hydrogen) atoms. The largest absolute Gasteiger partial charge is 0.467 e. The third kappa shape index (κ3) is 2.71. The van der Waals surface area contributed by atoms with Gasteiger partial charge in [0.15, 0.2) is 6.79 Å². The minimum Gasteiger partial charge on any atom is -0.467 e. The maximum atomic E-state index is 5.54. The maximum absolute atomic E-state index is 5.54. The Morgan fingerprint density at radius 3 is 3.11 bits per heavy atom. The average molecular weight is 312 g/mol. The van der Waals surface area contributed by atoms with Gasteiger partial charge in [-0.25, -0.2) is 0 Å². The van der Waals surface area contributed by atoms with Gasteiger partial charge in [0.25, 0.3) is 0 Å². The molecule has 1 N–H and O–H groups in total. The SMILES string of the molecule is Brc1cc2c(cc1CC1CCCCN1)OCOC2. The highest BCUT2D eigenvalue weighted by molar-refractivity contribution is 9.10. The summed E-state index contributed by atoms with van der Waals surface area (Å²) < 4.78 is 12.0. The van der Waals surface area contributed by atoms with Gasteiger partial charge in [-0.15, -0.1) is 0 Å². The average Bonchev–Trinajstić information content (AvgIpc) is 2.41. The number of nitrogens with one attached hydrogen (secondary N) is 1. The molecule has 1 fully saturated rings. The van der Waals surface area contributed by atoms with Crippen LogP contribution in [0.15, 0.2) is 16.6 Å². The van der Waals surface area contributed by atoms with Gasteiger partial charge in [-0.1, -0.05) is 22.4 Å². The van der Waals surface area contributed by atoms with Crippen molar-refractivity contribution in [1.29, 1.82) is 0 Å². The van der Waals surface area contributed by atoms with Crippen LogP contribution in [0.5, 0.6) is 5.75 Å². The Labute approximate surface area is 116 Å². The minimum atomic E-state index is 0.371. The van der Waals surface area contributed by atoms with Gasteiger partial charge in [-0.2, -0.15) is 0 Å². The molecule has 0 amide bonds. The van der Waals surface area contributed by atoms with Gasteiger partial charge in [0.2, 0.25) is 0 Å². The maximum Gasteiger partial charge on any atom is 0.189 e. The van der Waals surface area contributed by atoms with Crippen LogP contribution in [0.2, 0.25) is 0 Å². The van der Waals surface area contributed by atoms with Crippen molar-refractivity contribution in [3.05, 3.63) is 27.7 Å². The molecule has 3 rings (SSSR count). The fourth-order valence-corrected chi connectivity index (χ4v) is 3.21. The van der Waals surface area contributed by atoms with Gasteiger partial charge < -0.3 is 14.8 Å². The highest BCUT2D eigenvalue weighted by atomic mass is 79.9. The lowest BCUT2D eigenvalue weighted by Crippen LogP contribution is -2.35. The van der Waals surface area contributed by atoms with Crippen molar-refractivity contribution in [1.82, 2.24) is 5.32 Å². The van der Waals surface area contributed by atoms with E-state index in [0.29, 0.717) is 19.4 Å². The van der Waals surface area contributed by atoms with Gasteiger partial charge in [-0.3, -0.25) is 0 Å². The third-order valence-electron chi connectivity index (χ3n) is 3.66. The molecule has 1 unspecified atom stereocenters. The van der Waals surface area contributed by atoms with Gasteiger partial charge in [-0.05, 0) is 43.5 Å². The lowest BCUT2D eigenvalue weighted by Gasteiger charge is -2.25. The Morgan fingerprint density at radius 1 is 1.33 bits per heavy atom. The van der Waals surface area contributed by atoms with E-state index in [1.807, 2.05) is 0 Å². The van der Waals surface area contributed by atoms with E-state index >= 15 is 0 Å². The van der Waals surface area contributed by atoms with E-state index in [4.69, 9.17) is 9.47 Å². The van der Waals surface area contributed by atoms with Gasteiger partial charge >= 0.3 is 0 Å². The van der Waals surface area contributed by atoms with Crippen molar-refractivity contribution >= 4 is 15.9 Å². The number of piperidine rings is 1. The molecule has 0 aromatic heterocycles. The lowest BCUT2D eigenvalue weighted by atomic mass is 9.97. The standard InChI is InChI=1S/C14H18BrNO2/c15-13-6-11-8-17-9-18-14(11)7-10(13)5-12-3-1-2-4-16-12/h6-7,12,16H,1-5,8-9H2. The summed E-state index contributed by atoms with van der Waals surface area (Å²) in [5, 5.41) is 3.59. The van der Waals surface area contributed by atoms with Crippen LogP contribution in [0.1, 0.15) is 30.4 Å². The molecular weight excluding hydrogens is 294 g/mol. The molecule has 1 atom stereocenters.